The van der Waals surface area contributed by atoms with Crippen molar-refractivity contribution >= 4 is 5.91 Å². The number of piperidine rings is 1. The standard InChI is InChI=1S/C13H24N2O/c1-10-8-11(10)9-15-13(16)6-5-12-4-2-3-7-14-12/h10-12,14H,2-9H2,1H3,(H,15,16). The molecule has 3 unspecified atom stereocenters. The summed E-state index contributed by atoms with van der Waals surface area (Å²) in [6.07, 6.45) is 6.85. The maximum absolute atomic E-state index is 11.6. The Hall–Kier alpha value is -0.570. The molecule has 2 aliphatic rings. The Morgan fingerprint density at radius 1 is 1.44 bits per heavy atom. The first kappa shape index (κ1) is 11.9. The summed E-state index contributed by atoms with van der Waals surface area (Å²) < 4.78 is 0. The predicted molar refractivity (Wildman–Crippen MR) is 65.2 cm³/mol. The van der Waals surface area contributed by atoms with Crippen molar-refractivity contribution in [1.29, 1.82) is 0 Å². The molecule has 0 aromatic carbocycles. The van der Waals surface area contributed by atoms with Gasteiger partial charge in [-0.2, -0.15) is 0 Å². The van der Waals surface area contributed by atoms with Crippen molar-refractivity contribution in [2.24, 2.45) is 11.8 Å². The molecule has 16 heavy (non-hydrogen) atoms. The van der Waals surface area contributed by atoms with Gasteiger partial charge in [0.25, 0.3) is 0 Å². The zero-order valence-electron chi connectivity index (χ0n) is 10.3. The highest BCUT2D eigenvalue weighted by atomic mass is 16.1. The highest BCUT2D eigenvalue weighted by Crippen LogP contribution is 2.36. The minimum absolute atomic E-state index is 0.242. The maximum atomic E-state index is 11.6. The fraction of sp³-hybridized carbons (Fsp3) is 0.923. The van der Waals surface area contributed by atoms with Crippen LogP contribution in [-0.4, -0.2) is 25.0 Å². The Labute approximate surface area is 98.4 Å². The molecule has 1 amide bonds. The summed E-state index contributed by atoms with van der Waals surface area (Å²) in [5.41, 5.74) is 0. The van der Waals surface area contributed by atoms with E-state index < -0.39 is 0 Å². The third-order valence-corrected chi connectivity index (χ3v) is 3.97. The van der Waals surface area contributed by atoms with Crippen molar-refractivity contribution in [2.75, 3.05) is 13.1 Å². The molecule has 1 saturated heterocycles. The van der Waals surface area contributed by atoms with Gasteiger partial charge in [0.05, 0.1) is 0 Å². The van der Waals surface area contributed by atoms with Gasteiger partial charge in [-0.3, -0.25) is 4.79 Å². The smallest absolute Gasteiger partial charge is 0.220 e. The van der Waals surface area contributed by atoms with Gasteiger partial charge in [-0.05, 0) is 44.1 Å². The fourth-order valence-corrected chi connectivity index (χ4v) is 2.49. The van der Waals surface area contributed by atoms with Gasteiger partial charge in [-0.1, -0.05) is 13.3 Å². The summed E-state index contributed by atoms with van der Waals surface area (Å²) in [6.45, 7) is 4.28. The molecule has 1 aliphatic heterocycles. The Morgan fingerprint density at radius 2 is 2.25 bits per heavy atom. The van der Waals surface area contributed by atoms with Crippen LogP contribution < -0.4 is 10.6 Å². The van der Waals surface area contributed by atoms with E-state index in [4.69, 9.17) is 0 Å². The van der Waals surface area contributed by atoms with E-state index in [-0.39, 0.29) is 5.91 Å². The number of nitrogens with one attached hydrogen (secondary N) is 2. The molecule has 0 aromatic heterocycles. The Bertz CT molecular complexity index is 236. The van der Waals surface area contributed by atoms with Crippen LogP contribution in [0, 0.1) is 11.8 Å². The molecule has 3 atom stereocenters. The van der Waals surface area contributed by atoms with Gasteiger partial charge in [-0.25, -0.2) is 0 Å². The molecule has 2 fully saturated rings. The second-order valence-corrected chi connectivity index (χ2v) is 5.46. The van der Waals surface area contributed by atoms with E-state index in [0.717, 1.165) is 31.3 Å². The van der Waals surface area contributed by atoms with Gasteiger partial charge in [-0.15, -0.1) is 0 Å². The van der Waals surface area contributed by atoms with Crippen molar-refractivity contribution < 1.29 is 4.79 Å². The van der Waals surface area contributed by atoms with Gasteiger partial charge >= 0.3 is 0 Å². The van der Waals surface area contributed by atoms with Crippen molar-refractivity contribution in [3.63, 3.8) is 0 Å². The Kier molecular flexibility index (Phi) is 4.22. The van der Waals surface area contributed by atoms with E-state index in [1.807, 2.05) is 0 Å². The van der Waals surface area contributed by atoms with E-state index in [0.29, 0.717) is 12.5 Å². The lowest BCUT2D eigenvalue weighted by atomic mass is 10.0. The fourth-order valence-electron chi connectivity index (χ4n) is 2.49. The molecule has 0 radical (unpaired) electrons. The van der Waals surface area contributed by atoms with E-state index in [1.54, 1.807) is 0 Å². The average molecular weight is 224 g/mol. The van der Waals surface area contributed by atoms with Crippen LogP contribution >= 0.6 is 0 Å². The Balaban J connectivity index is 1.52. The first-order valence-electron chi connectivity index (χ1n) is 6.76. The summed E-state index contributed by atoms with van der Waals surface area (Å²) in [7, 11) is 0. The van der Waals surface area contributed by atoms with Crippen LogP contribution in [0.5, 0.6) is 0 Å². The van der Waals surface area contributed by atoms with Crippen LogP contribution in [0.4, 0.5) is 0 Å². The van der Waals surface area contributed by atoms with Crippen LogP contribution in [0.1, 0.15) is 45.4 Å². The molecule has 92 valence electrons. The van der Waals surface area contributed by atoms with Crippen LogP contribution in [0.15, 0.2) is 0 Å². The average Bonchev–Trinajstić information content (AvgIpc) is 3.01. The number of carbonyl (C=O) groups is 1. The molecule has 1 aliphatic carbocycles. The molecule has 0 aromatic rings. The first-order chi connectivity index (χ1) is 7.75. The highest BCUT2D eigenvalue weighted by molar-refractivity contribution is 5.75. The maximum Gasteiger partial charge on any atom is 0.220 e. The third-order valence-electron chi connectivity index (χ3n) is 3.97. The number of rotatable bonds is 5. The first-order valence-corrected chi connectivity index (χ1v) is 6.76. The summed E-state index contributed by atoms with van der Waals surface area (Å²) in [5, 5.41) is 6.53. The molecular weight excluding hydrogens is 200 g/mol. The molecule has 0 bridgehead atoms. The second-order valence-electron chi connectivity index (χ2n) is 5.46. The molecule has 0 spiro atoms. The molecule has 3 heteroatoms. The van der Waals surface area contributed by atoms with Crippen molar-refractivity contribution in [3.05, 3.63) is 0 Å². The molecule has 2 N–H and O–H groups in total. The lowest BCUT2D eigenvalue weighted by Crippen LogP contribution is -2.35. The molecule has 2 rings (SSSR count). The lowest BCUT2D eigenvalue weighted by molar-refractivity contribution is -0.121. The third kappa shape index (κ3) is 3.78. The van der Waals surface area contributed by atoms with Gasteiger partial charge in [0.15, 0.2) is 0 Å². The van der Waals surface area contributed by atoms with Gasteiger partial charge in [0.2, 0.25) is 5.91 Å². The van der Waals surface area contributed by atoms with Crippen LogP contribution in [-0.2, 0) is 4.79 Å². The van der Waals surface area contributed by atoms with E-state index in [9.17, 15) is 4.79 Å². The van der Waals surface area contributed by atoms with E-state index in [2.05, 4.69) is 17.6 Å². The number of carbonyl (C=O) groups excluding carboxylic acids is 1. The number of hydrogen-bond acceptors (Lipinski definition) is 2. The van der Waals surface area contributed by atoms with Crippen LogP contribution in [0.25, 0.3) is 0 Å². The molecular formula is C13H24N2O. The molecule has 3 nitrogen and oxygen atoms in total. The summed E-state index contributed by atoms with van der Waals surface area (Å²) >= 11 is 0. The summed E-state index contributed by atoms with van der Waals surface area (Å²) in [4.78, 5) is 11.6. The zero-order valence-corrected chi connectivity index (χ0v) is 10.3. The van der Waals surface area contributed by atoms with Crippen LogP contribution in [0.2, 0.25) is 0 Å². The summed E-state index contributed by atoms with van der Waals surface area (Å²) in [5.74, 6) is 1.84. The van der Waals surface area contributed by atoms with Crippen molar-refractivity contribution in [3.8, 4) is 0 Å². The second kappa shape index (κ2) is 5.67. The zero-order chi connectivity index (χ0) is 11.4. The lowest BCUT2D eigenvalue weighted by Gasteiger charge is -2.23. The van der Waals surface area contributed by atoms with Gasteiger partial charge < -0.3 is 10.6 Å². The SMILES string of the molecule is CC1CC1CNC(=O)CCC1CCCCN1. The largest absolute Gasteiger partial charge is 0.356 e. The van der Waals surface area contributed by atoms with Crippen LogP contribution in [0.3, 0.4) is 0 Å². The van der Waals surface area contributed by atoms with E-state index in [1.165, 1.54) is 25.7 Å². The quantitative estimate of drug-likeness (QED) is 0.746. The van der Waals surface area contributed by atoms with E-state index >= 15 is 0 Å². The Morgan fingerprint density at radius 3 is 2.88 bits per heavy atom. The summed E-state index contributed by atoms with van der Waals surface area (Å²) in [6, 6.07) is 0.583. The number of amides is 1. The minimum atomic E-state index is 0.242. The minimum Gasteiger partial charge on any atom is -0.356 e. The normalized spacial score (nSPS) is 33.4. The molecule has 1 saturated carbocycles. The van der Waals surface area contributed by atoms with Crippen molar-refractivity contribution in [2.45, 2.75) is 51.5 Å². The number of hydrogen-bond donors (Lipinski definition) is 2. The van der Waals surface area contributed by atoms with Crippen molar-refractivity contribution in [1.82, 2.24) is 10.6 Å². The monoisotopic (exact) mass is 224 g/mol. The highest BCUT2D eigenvalue weighted by Gasteiger charge is 2.32. The van der Waals surface area contributed by atoms with Gasteiger partial charge in [0.1, 0.15) is 0 Å². The van der Waals surface area contributed by atoms with Gasteiger partial charge in [0, 0.05) is 19.0 Å². The molecule has 1 heterocycles. The predicted octanol–water partition coefficient (Wildman–Crippen LogP) is 1.68. The topological polar surface area (TPSA) is 41.1 Å².